The Hall–Kier alpha value is -1.63. The number of carboxylic acid groups (broad SMARTS) is 1. The maximum atomic E-state index is 12.8. The Morgan fingerprint density at radius 1 is 0.818 bits per heavy atom. The van der Waals surface area contributed by atoms with Gasteiger partial charge in [-0.25, -0.2) is 8.78 Å². The summed E-state index contributed by atoms with van der Waals surface area (Å²) in [6.07, 6.45) is -13.4. The molecule has 22 heavy (non-hydrogen) atoms. The van der Waals surface area contributed by atoms with Crippen molar-refractivity contribution in [2.75, 3.05) is 0 Å². The van der Waals surface area contributed by atoms with E-state index in [0.717, 1.165) is 0 Å². The van der Waals surface area contributed by atoms with Crippen molar-refractivity contribution < 1.29 is 62.6 Å². The molecule has 0 bridgehead atoms. The summed E-state index contributed by atoms with van der Waals surface area (Å²) < 4.78 is 147. The average molecular weight is 358 g/mol. The molecule has 0 aliphatic carbocycles. The minimum atomic E-state index is -7.28. The molecule has 0 aromatic carbocycles. The summed E-state index contributed by atoms with van der Waals surface area (Å²) in [7, 11) is 0. The van der Waals surface area contributed by atoms with Crippen molar-refractivity contribution in [1.82, 2.24) is 0 Å². The van der Waals surface area contributed by atoms with Gasteiger partial charge in [0.25, 0.3) is 0 Å². The number of hydrogen-bond donors (Lipinski definition) is 1. The first kappa shape index (κ1) is 20.4. The highest BCUT2D eigenvalue weighted by molar-refractivity contribution is 5.74. The molecule has 130 valence electrons. The second-order valence-electron chi connectivity index (χ2n) is 3.62. The maximum absolute atomic E-state index is 12.8. The molecular weight excluding hydrogens is 356 g/mol. The fourth-order valence-corrected chi connectivity index (χ4v) is 0.985. The lowest BCUT2D eigenvalue weighted by Gasteiger charge is -2.27. The Bertz CT molecular complexity index is 470. The summed E-state index contributed by atoms with van der Waals surface area (Å²) in [5.74, 6) is -30.9. The highest BCUT2D eigenvalue weighted by Crippen LogP contribution is 2.52. The fourth-order valence-electron chi connectivity index (χ4n) is 0.985. The molecule has 0 heterocycles. The predicted molar refractivity (Wildman–Crippen MR) is 42.4 cm³/mol. The summed E-state index contributed by atoms with van der Waals surface area (Å²) >= 11 is 0. The maximum Gasteiger partial charge on any atom is 0.460 e. The predicted octanol–water partition coefficient (Wildman–Crippen LogP) is 4.23. The van der Waals surface area contributed by atoms with E-state index in [1.165, 1.54) is 0 Å². The molecule has 14 heteroatoms. The Morgan fingerprint density at radius 3 is 1.41 bits per heavy atom. The normalized spacial score (nSPS) is 17.1. The van der Waals surface area contributed by atoms with Crippen LogP contribution in [0, 0.1) is 5.92 Å². The van der Waals surface area contributed by atoms with Crippen molar-refractivity contribution in [3.63, 3.8) is 0 Å². The molecule has 2 nitrogen and oxygen atoms in total. The first-order valence-corrected chi connectivity index (χ1v) is 4.56. The molecule has 0 aromatic rings. The van der Waals surface area contributed by atoms with E-state index in [0.29, 0.717) is 0 Å². The van der Waals surface area contributed by atoms with Crippen LogP contribution in [0.3, 0.4) is 0 Å². The first-order valence-electron chi connectivity index (χ1n) is 4.56. The summed E-state index contributed by atoms with van der Waals surface area (Å²) in [4.78, 5) is 10.1. The Labute approximate surface area is 112 Å². The lowest BCUT2D eigenvalue weighted by Crippen LogP contribution is -2.52. The van der Waals surface area contributed by atoms with Crippen molar-refractivity contribution in [3.05, 3.63) is 11.7 Å². The van der Waals surface area contributed by atoms with Gasteiger partial charge in [-0.05, 0) is 0 Å². The third kappa shape index (κ3) is 3.40. The second kappa shape index (κ2) is 5.53. The lowest BCUT2D eigenvalue weighted by molar-refractivity contribution is -0.348. The molecule has 0 amide bonds. The van der Waals surface area contributed by atoms with E-state index in [9.17, 15) is 57.5 Å². The number of carbonyl (C=O) groups is 1. The molecule has 1 unspecified atom stereocenters. The molecule has 0 saturated heterocycles. The molecule has 0 aliphatic heterocycles. The van der Waals surface area contributed by atoms with Crippen LogP contribution in [0.5, 0.6) is 0 Å². The topological polar surface area (TPSA) is 37.3 Å². The first-order chi connectivity index (χ1) is 9.39. The zero-order valence-electron chi connectivity index (χ0n) is 9.47. The van der Waals surface area contributed by atoms with Crippen LogP contribution in [0.2, 0.25) is 0 Å². The largest absolute Gasteiger partial charge is 0.480 e. The summed E-state index contributed by atoms with van der Waals surface area (Å²) in [5.41, 5.74) is 0. The number of aliphatic carboxylic acids is 1. The zero-order valence-corrected chi connectivity index (χ0v) is 9.47. The number of allylic oxidation sites excluding steroid dienone is 1. The molecule has 0 fully saturated rings. The third-order valence-electron chi connectivity index (χ3n) is 2.06. The van der Waals surface area contributed by atoms with Crippen molar-refractivity contribution >= 4 is 5.97 Å². The minimum absolute atomic E-state index is 3.33. The second-order valence-corrected chi connectivity index (χ2v) is 3.62. The number of rotatable bonds is 4. The van der Waals surface area contributed by atoms with E-state index in [4.69, 9.17) is 5.11 Å². The lowest BCUT2D eigenvalue weighted by atomic mass is 10.0. The van der Waals surface area contributed by atoms with Gasteiger partial charge in [-0.1, -0.05) is 0 Å². The number of carboxylic acids is 1. The highest BCUT2D eigenvalue weighted by Gasteiger charge is 2.76. The van der Waals surface area contributed by atoms with Gasteiger partial charge in [0.2, 0.25) is 11.7 Å². The summed E-state index contributed by atoms with van der Waals surface area (Å²) in [6, 6.07) is 0. The van der Waals surface area contributed by atoms with Crippen molar-refractivity contribution in [2.45, 2.75) is 24.2 Å². The van der Waals surface area contributed by atoms with Gasteiger partial charge in [-0.2, -0.15) is 43.9 Å². The van der Waals surface area contributed by atoms with Crippen molar-refractivity contribution in [1.29, 1.82) is 0 Å². The number of halogens is 12. The van der Waals surface area contributed by atoms with Crippen LogP contribution in [-0.4, -0.2) is 35.3 Å². The molecule has 0 aromatic heterocycles. The van der Waals surface area contributed by atoms with Crippen LogP contribution in [0.4, 0.5) is 52.7 Å². The quantitative estimate of drug-likeness (QED) is 0.764. The van der Waals surface area contributed by atoms with E-state index < -0.39 is 47.7 Å². The fraction of sp³-hybridized carbons (Fsp3) is 0.625. The molecular formula is C8H2F12O2. The smallest absolute Gasteiger partial charge is 0.460 e. The standard InChI is InChI=1S/C8H2F12O2/c9-2(1(4(21)22)6(13,14)15)3(10)5(11,12)7(16,17)8(18,19)20/h1H,(H,21,22)/b3-2+. The minimum Gasteiger partial charge on any atom is -0.480 e. The van der Waals surface area contributed by atoms with Crippen LogP contribution in [0.15, 0.2) is 11.7 Å². The van der Waals surface area contributed by atoms with Crippen LogP contribution < -0.4 is 0 Å². The Balaban J connectivity index is 6.19. The molecule has 0 radical (unpaired) electrons. The van der Waals surface area contributed by atoms with Gasteiger partial charge in [0.15, 0.2) is 5.83 Å². The van der Waals surface area contributed by atoms with E-state index in [2.05, 4.69) is 0 Å². The van der Waals surface area contributed by atoms with Gasteiger partial charge in [-0.3, -0.25) is 4.79 Å². The summed E-state index contributed by atoms with van der Waals surface area (Å²) in [5, 5.41) is 7.94. The average Bonchev–Trinajstić information content (AvgIpc) is 2.23. The van der Waals surface area contributed by atoms with Gasteiger partial charge in [-0.15, -0.1) is 0 Å². The summed E-state index contributed by atoms with van der Waals surface area (Å²) in [6.45, 7) is 0. The zero-order chi connectivity index (χ0) is 18.3. The molecule has 0 spiro atoms. The highest BCUT2D eigenvalue weighted by atomic mass is 19.4. The third-order valence-corrected chi connectivity index (χ3v) is 2.06. The number of hydrogen-bond acceptors (Lipinski definition) is 1. The van der Waals surface area contributed by atoms with Crippen LogP contribution >= 0.6 is 0 Å². The van der Waals surface area contributed by atoms with Gasteiger partial charge >= 0.3 is 30.2 Å². The van der Waals surface area contributed by atoms with Gasteiger partial charge in [0, 0.05) is 0 Å². The van der Waals surface area contributed by atoms with Gasteiger partial charge in [0.1, 0.15) is 0 Å². The van der Waals surface area contributed by atoms with Crippen molar-refractivity contribution in [2.24, 2.45) is 5.92 Å². The van der Waals surface area contributed by atoms with E-state index in [-0.39, 0.29) is 0 Å². The van der Waals surface area contributed by atoms with E-state index >= 15 is 0 Å². The molecule has 1 atom stereocenters. The molecule has 0 aliphatic rings. The van der Waals surface area contributed by atoms with Crippen LogP contribution in [-0.2, 0) is 4.79 Å². The van der Waals surface area contributed by atoms with Gasteiger partial charge < -0.3 is 5.11 Å². The van der Waals surface area contributed by atoms with E-state index in [1.54, 1.807) is 0 Å². The SMILES string of the molecule is O=C(O)C(/C(F)=C(\F)C(F)(F)C(F)(F)C(F)(F)F)C(F)(F)F. The van der Waals surface area contributed by atoms with Crippen LogP contribution in [0.1, 0.15) is 0 Å². The van der Waals surface area contributed by atoms with Gasteiger partial charge in [0.05, 0.1) is 0 Å². The Kier molecular flexibility index (Phi) is 5.12. The molecule has 0 rings (SSSR count). The van der Waals surface area contributed by atoms with Crippen molar-refractivity contribution in [3.8, 4) is 0 Å². The Morgan fingerprint density at radius 2 is 1.18 bits per heavy atom. The number of alkyl halides is 10. The molecule has 1 N–H and O–H groups in total. The monoisotopic (exact) mass is 358 g/mol. The van der Waals surface area contributed by atoms with E-state index in [1.807, 2.05) is 0 Å². The molecule has 0 saturated carbocycles. The van der Waals surface area contributed by atoms with Crippen LogP contribution in [0.25, 0.3) is 0 Å².